The summed E-state index contributed by atoms with van der Waals surface area (Å²) in [7, 11) is 0. The Balaban J connectivity index is 1.84. The zero-order chi connectivity index (χ0) is 18.8. The molecule has 4 rings (SSSR count). The molecule has 2 aromatic heterocycles. The Morgan fingerprint density at radius 1 is 1.07 bits per heavy atom. The van der Waals surface area contributed by atoms with E-state index in [1.807, 2.05) is 73.8 Å². The molecular weight excluding hydrogens is 358 g/mol. The van der Waals surface area contributed by atoms with E-state index in [0.717, 1.165) is 27.9 Å². The fourth-order valence-corrected chi connectivity index (χ4v) is 3.32. The lowest BCUT2D eigenvalue weighted by Crippen LogP contribution is -2.19. The van der Waals surface area contributed by atoms with Crippen molar-refractivity contribution in [1.82, 2.24) is 4.98 Å². The number of aryl methyl sites for hydroxylation is 1. The molecule has 3 N–H and O–H groups in total. The van der Waals surface area contributed by atoms with E-state index in [1.165, 1.54) is 0 Å². The minimum atomic E-state index is -0.272. The second kappa shape index (κ2) is 7.25. The van der Waals surface area contributed by atoms with E-state index in [-0.39, 0.29) is 11.8 Å². The molecule has 27 heavy (non-hydrogen) atoms. The maximum Gasteiger partial charge on any atom is 0.273 e. The number of anilines is 1. The van der Waals surface area contributed by atoms with Crippen molar-refractivity contribution in [3.05, 3.63) is 94.8 Å². The van der Waals surface area contributed by atoms with Crippen molar-refractivity contribution < 1.29 is 10.1 Å². The van der Waals surface area contributed by atoms with Crippen molar-refractivity contribution in [3.63, 3.8) is 0 Å². The van der Waals surface area contributed by atoms with Gasteiger partial charge in [0.2, 0.25) is 0 Å². The number of aromatic nitrogens is 2. The number of halogens is 1. The number of H-pyrrole nitrogens is 1. The summed E-state index contributed by atoms with van der Waals surface area (Å²) in [5, 5.41) is 16.0. The third kappa shape index (κ3) is 3.57. The topological polar surface area (TPSA) is 59.3 Å². The second-order valence-corrected chi connectivity index (χ2v) is 6.92. The number of phenols is 1. The number of rotatable bonds is 4. The Labute approximate surface area is 162 Å². The minimum absolute atomic E-state index is 0.174. The first kappa shape index (κ1) is 17.3. The van der Waals surface area contributed by atoms with Gasteiger partial charge in [0.15, 0.2) is 0 Å². The number of aromatic amines is 1. The van der Waals surface area contributed by atoms with Crippen LogP contribution in [0.25, 0.3) is 10.9 Å². The molecule has 1 atom stereocenters. The molecule has 134 valence electrons. The number of pyridine rings is 2. The number of aromatic hydroxyl groups is 1. The van der Waals surface area contributed by atoms with Gasteiger partial charge >= 0.3 is 0 Å². The highest BCUT2D eigenvalue weighted by molar-refractivity contribution is 6.30. The SMILES string of the molecule is Cc1cc[nH+]c(N[C@@H](c2ccc(Cl)cc2)c2ccc3cccnc3c2O)c1. The fourth-order valence-electron chi connectivity index (χ4n) is 3.19. The van der Waals surface area contributed by atoms with Crippen LogP contribution in [-0.4, -0.2) is 10.1 Å². The van der Waals surface area contributed by atoms with E-state index in [9.17, 15) is 5.11 Å². The summed E-state index contributed by atoms with van der Waals surface area (Å²) >= 11 is 6.07. The van der Waals surface area contributed by atoms with Crippen LogP contribution in [0.15, 0.2) is 73.1 Å². The van der Waals surface area contributed by atoms with Gasteiger partial charge in [-0.25, -0.2) is 4.98 Å². The average molecular weight is 377 g/mol. The Bertz CT molecular complexity index is 1100. The molecule has 0 radical (unpaired) electrons. The van der Waals surface area contributed by atoms with Gasteiger partial charge in [-0.2, -0.15) is 0 Å². The first-order chi connectivity index (χ1) is 13.1. The van der Waals surface area contributed by atoms with Crippen molar-refractivity contribution >= 4 is 28.3 Å². The lowest BCUT2D eigenvalue weighted by atomic mass is 9.96. The molecule has 0 fully saturated rings. The number of nitrogens with one attached hydrogen (secondary N) is 2. The molecule has 4 aromatic rings. The largest absolute Gasteiger partial charge is 0.505 e. The lowest BCUT2D eigenvalue weighted by Gasteiger charge is -2.18. The maximum absolute atomic E-state index is 10.9. The van der Waals surface area contributed by atoms with E-state index in [1.54, 1.807) is 6.20 Å². The van der Waals surface area contributed by atoms with E-state index in [4.69, 9.17) is 11.6 Å². The van der Waals surface area contributed by atoms with Crippen LogP contribution in [0.2, 0.25) is 5.02 Å². The zero-order valence-corrected chi connectivity index (χ0v) is 15.5. The van der Waals surface area contributed by atoms with Gasteiger partial charge in [-0.3, -0.25) is 10.3 Å². The predicted octanol–water partition coefficient (Wildman–Crippen LogP) is 4.92. The molecule has 5 heteroatoms. The molecule has 0 spiro atoms. The Kier molecular flexibility index (Phi) is 4.65. The van der Waals surface area contributed by atoms with Gasteiger partial charge in [0.25, 0.3) is 5.82 Å². The van der Waals surface area contributed by atoms with Crippen molar-refractivity contribution in [2.45, 2.75) is 13.0 Å². The van der Waals surface area contributed by atoms with Crippen LogP contribution in [0.4, 0.5) is 5.82 Å². The van der Waals surface area contributed by atoms with Gasteiger partial charge in [-0.1, -0.05) is 35.9 Å². The van der Waals surface area contributed by atoms with Gasteiger partial charge in [0, 0.05) is 33.8 Å². The summed E-state index contributed by atoms with van der Waals surface area (Å²) < 4.78 is 0. The fraction of sp³-hybridized carbons (Fsp3) is 0.0909. The van der Waals surface area contributed by atoms with Crippen LogP contribution < -0.4 is 10.3 Å². The Hall–Kier alpha value is -3.11. The molecule has 0 saturated heterocycles. The van der Waals surface area contributed by atoms with Crippen LogP contribution in [0.1, 0.15) is 22.7 Å². The second-order valence-electron chi connectivity index (χ2n) is 6.49. The normalized spacial score (nSPS) is 12.1. The summed E-state index contributed by atoms with van der Waals surface area (Å²) in [4.78, 5) is 7.56. The molecule has 0 aliphatic rings. The van der Waals surface area contributed by atoms with E-state index in [2.05, 4.69) is 15.3 Å². The molecule has 0 aliphatic heterocycles. The van der Waals surface area contributed by atoms with Gasteiger partial charge in [0.1, 0.15) is 17.3 Å². The van der Waals surface area contributed by atoms with Crippen molar-refractivity contribution in [1.29, 1.82) is 0 Å². The minimum Gasteiger partial charge on any atom is -0.505 e. The van der Waals surface area contributed by atoms with Gasteiger partial charge in [-0.05, 0) is 42.8 Å². The number of hydrogen-bond donors (Lipinski definition) is 2. The highest BCUT2D eigenvalue weighted by atomic mass is 35.5. The Morgan fingerprint density at radius 2 is 1.89 bits per heavy atom. The first-order valence-corrected chi connectivity index (χ1v) is 9.06. The smallest absolute Gasteiger partial charge is 0.273 e. The molecule has 0 unspecified atom stereocenters. The third-order valence-corrected chi connectivity index (χ3v) is 4.80. The molecule has 0 aliphatic carbocycles. The van der Waals surface area contributed by atoms with Crippen molar-refractivity contribution in [2.24, 2.45) is 0 Å². The maximum atomic E-state index is 10.9. The Morgan fingerprint density at radius 3 is 2.67 bits per heavy atom. The van der Waals surface area contributed by atoms with E-state index in [0.29, 0.717) is 10.5 Å². The van der Waals surface area contributed by atoms with Crippen molar-refractivity contribution in [3.8, 4) is 5.75 Å². The number of fused-ring (bicyclic) bond motifs is 1. The van der Waals surface area contributed by atoms with Crippen LogP contribution in [0.5, 0.6) is 5.75 Å². The molecule has 0 amide bonds. The molecule has 0 bridgehead atoms. The quantitative estimate of drug-likeness (QED) is 0.531. The molecule has 2 aromatic carbocycles. The van der Waals surface area contributed by atoms with E-state index >= 15 is 0 Å². The highest BCUT2D eigenvalue weighted by Crippen LogP contribution is 2.36. The molecule has 2 heterocycles. The predicted molar refractivity (Wildman–Crippen MR) is 108 cm³/mol. The monoisotopic (exact) mass is 376 g/mol. The average Bonchev–Trinajstić information content (AvgIpc) is 2.68. The summed E-state index contributed by atoms with van der Waals surface area (Å²) in [6.45, 7) is 2.04. The highest BCUT2D eigenvalue weighted by Gasteiger charge is 2.24. The van der Waals surface area contributed by atoms with Gasteiger partial charge in [0.05, 0.1) is 6.20 Å². The van der Waals surface area contributed by atoms with Crippen LogP contribution in [-0.2, 0) is 0 Å². The zero-order valence-electron chi connectivity index (χ0n) is 14.8. The number of phenolic OH excluding ortho intramolecular Hbond substituents is 1. The number of hydrogen-bond acceptors (Lipinski definition) is 3. The van der Waals surface area contributed by atoms with E-state index < -0.39 is 0 Å². The summed E-state index contributed by atoms with van der Waals surface area (Å²) in [6.07, 6.45) is 3.57. The standard InChI is InChI=1S/C22H18ClN3O/c1-14-10-12-24-19(13-14)26-20(16-4-7-17(23)8-5-16)18-9-6-15-3-2-11-25-21(15)22(18)27/h2-13,20,27H,1H3,(H,24,26)/p+1/t20-/m0/s1. The lowest BCUT2D eigenvalue weighted by molar-refractivity contribution is -0.361. The molecular formula is C22H19ClN3O+. The molecule has 4 nitrogen and oxygen atoms in total. The number of nitrogens with zero attached hydrogens (tertiary/aromatic N) is 1. The van der Waals surface area contributed by atoms with Crippen LogP contribution in [0.3, 0.4) is 0 Å². The summed E-state index contributed by atoms with van der Waals surface area (Å²) in [6, 6.07) is 19.1. The van der Waals surface area contributed by atoms with Crippen LogP contribution >= 0.6 is 11.6 Å². The van der Waals surface area contributed by atoms with Crippen molar-refractivity contribution in [2.75, 3.05) is 5.32 Å². The number of benzene rings is 2. The van der Waals surface area contributed by atoms with Gasteiger partial charge < -0.3 is 5.11 Å². The molecule has 0 saturated carbocycles. The first-order valence-electron chi connectivity index (χ1n) is 8.69. The summed E-state index contributed by atoms with van der Waals surface area (Å²) in [5.74, 6) is 1.03. The van der Waals surface area contributed by atoms with Crippen LogP contribution in [0, 0.1) is 6.92 Å². The summed E-state index contributed by atoms with van der Waals surface area (Å²) in [5.41, 5.74) is 3.46. The van der Waals surface area contributed by atoms with Gasteiger partial charge in [-0.15, -0.1) is 0 Å². The third-order valence-electron chi connectivity index (χ3n) is 4.55.